The lowest BCUT2D eigenvalue weighted by Crippen LogP contribution is -2.54. The largest absolute Gasteiger partial charge is 0.444 e. The number of likely N-dealkylation sites (tertiary alicyclic amines) is 1. The van der Waals surface area contributed by atoms with Crippen molar-refractivity contribution in [3.63, 3.8) is 0 Å². The molecule has 1 heterocycles. The average Bonchev–Trinajstić information content (AvgIpc) is 2.34. The standard InChI is InChI=1S/C16H30N2O3/c1-7-14(19)18-9-12(11(2)3)8-13(10-18)17-15(20)21-16(4,5)6/h11-13H,7-10H2,1-6H3,(H,17,20). The molecular formula is C16H30N2O3. The van der Waals surface area contributed by atoms with E-state index in [1.54, 1.807) is 0 Å². The molecule has 1 fully saturated rings. The van der Waals surface area contributed by atoms with Crippen LogP contribution in [0.3, 0.4) is 0 Å². The smallest absolute Gasteiger partial charge is 0.407 e. The minimum Gasteiger partial charge on any atom is -0.444 e. The Labute approximate surface area is 128 Å². The molecular weight excluding hydrogens is 268 g/mol. The maximum absolute atomic E-state index is 12.0. The highest BCUT2D eigenvalue weighted by atomic mass is 16.6. The van der Waals surface area contributed by atoms with Crippen LogP contribution in [0.15, 0.2) is 0 Å². The van der Waals surface area contributed by atoms with Gasteiger partial charge in [0.25, 0.3) is 0 Å². The zero-order chi connectivity index (χ0) is 16.2. The second kappa shape index (κ2) is 7.14. The summed E-state index contributed by atoms with van der Waals surface area (Å²) < 4.78 is 5.30. The summed E-state index contributed by atoms with van der Waals surface area (Å²) in [6.07, 6.45) is 0.995. The molecule has 1 saturated heterocycles. The number of alkyl carbamates (subject to hydrolysis) is 1. The molecule has 0 aliphatic carbocycles. The molecule has 1 aliphatic heterocycles. The average molecular weight is 298 g/mol. The molecule has 0 aromatic rings. The number of piperidine rings is 1. The van der Waals surface area contributed by atoms with E-state index in [2.05, 4.69) is 19.2 Å². The van der Waals surface area contributed by atoms with Crippen LogP contribution in [0.1, 0.15) is 54.4 Å². The van der Waals surface area contributed by atoms with Gasteiger partial charge in [-0.25, -0.2) is 4.79 Å². The Morgan fingerprint density at radius 2 is 1.90 bits per heavy atom. The van der Waals surface area contributed by atoms with E-state index < -0.39 is 11.7 Å². The number of carbonyl (C=O) groups is 2. The third-order valence-corrected chi connectivity index (χ3v) is 3.80. The first-order chi connectivity index (χ1) is 9.62. The van der Waals surface area contributed by atoms with Crippen molar-refractivity contribution in [2.75, 3.05) is 13.1 Å². The quantitative estimate of drug-likeness (QED) is 0.871. The number of carbonyl (C=O) groups excluding carboxylic acids is 2. The van der Waals surface area contributed by atoms with Gasteiger partial charge in [0.1, 0.15) is 5.60 Å². The van der Waals surface area contributed by atoms with Crippen molar-refractivity contribution in [1.82, 2.24) is 10.2 Å². The van der Waals surface area contributed by atoms with E-state index in [4.69, 9.17) is 4.74 Å². The lowest BCUT2D eigenvalue weighted by Gasteiger charge is -2.39. The van der Waals surface area contributed by atoms with Gasteiger partial charge in [0.05, 0.1) is 6.04 Å². The zero-order valence-corrected chi connectivity index (χ0v) is 14.2. The monoisotopic (exact) mass is 298 g/mol. The van der Waals surface area contributed by atoms with E-state index in [1.807, 2.05) is 32.6 Å². The van der Waals surface area contributed by atoms with Gasteiger partial charge in [-0.1, -0.05) is 20.8 Å². The van der Waals surface area contributed by atoms with Gasteiger partial charge in [0.15, 0.2) is 0 Å². The normalized spacial score (nSPS) is 23.1. The highest BCUT2D eigenvalue weighted by Gasteiger charge is 2.32. The van der Waals surface area contributed by atoms with Gasteiger partial charge in [-0.05, 0) is 39.0 Å². The fourth-order valence-corrected chi connectivity index (χ4v) is 2.63. The van der Waals surface area contributed by atoms with E-state index >= 15 is 0 Å². The van der Waals surface area contributed by atoms with Crippen LogP contribution in [0, 0.1) is 11.8 Å². The molecule has 0 aromatic carbocycles. The number of nitrogens with one attached hydrogen (secondary N) is 1. The summed E-state index contributed by atoms with van der Waals surface area (Å²) in [7, 11) is 0. The predicted molar refractivity (Wildman–Crippen MR) is 83.0 cm³/mol. The molecule has 0 saturated carbocycles. The van der Waals surface area contributed by atoms with Gasteiger partial charge in [-0.2, -0.15) is 0 Å². The minimum atomic E-state index is -0.505. The maximum atomic E-state index is 12.0. The summed E-state index contributed by atoms with van der Waals surface area (Å²) in [6.45, 7) is 13.1. The number of hydrogen-bond acceptors (Lipinski definition) is 3. The van der Waals surface area contributed by atoms with Crippen LogP contribution in [0.4, 0.5) is 4.79 Å². The first-order valence-corrected chi connectivity index (χ1v) is 7.89. The van der Waals surface area contributed by atoms with Crippen molar-refractivity contribution in [2.45, 2.75) is 66.0 Å². The summed E-state index contributed by atoms with van der Waals surface area (Å²) >= 11 is 0. The zero-order valence-electron chi connectivity index (χ0n) is 14.2. The molecule has 1 rings (SSSR count). The Morgan fingerprint density at radius 3 is 2.38 bits per heavy atom. The SMILES string of the molecule is CCC(=O)N1CC(NC(=O)OC(C)(C)C)CC(C(C)C)C1. The fourth-order valence-electron chi connectivity index (χ4n) is 2.63. The van der Waals surface area contributed by atoms with Crippen molar-refractivity contribution >= 4 is 12.0 Å². The van der Waals surface area contributed by atoms with Crippen LogP contribution in [0.25, 0.3) is 0 Å². The Balaban J connectivity index is 2.67. The van der Waals surface area contributed by atoms with Crippen molar-refractivity contribution in [1.29, 1.82) is 0 Å². The van der Waals surface area contributed by atoms with Gasteiger partial charge in [-0.3, -0.25) is 4.79 Å². The van der Waals surface area contributed by atoms with E-state index in [9.17, 15) is 9.59 Å². The molecule has 2 atom stereocenters. The molecule has 5 nitrogen and oxygen atoms in total. The number of ether oxygens (including phenoxy) is 1. The molecule has 5 heteroatoms. The summed E-state index contributed by atoms with van der Waals surface area (Å²) in [5, 5.41) is 2.91. The Morgan fingerprint density at radius 1 is 1.29 bits per heavy atom. The number of nitrogens with zero attached hydrogens (tertiary/aromatic N) is 1. The van der Waals surface area contributed by atoms with Crippen LogP contribution in [-0.4, -0.2) is 41.6 Å². The van der Waals surface area contributed by atoms with Gasteiger partial charge in [0.2, 0.25) is 5.91 Å². The lowest BCUT2D eigenvalue weighted by molar-refractivity contribution is -0.133. The summed E-state index contributed by atoms with van der Waals surface area (Å²) in [6, 6.07) is -0.0310. The van der Waals surface area contributed by atoms with Crippen LogP contribution < -0.4 is 5.32 Å². The summed E-state index contributed by atoms with van der Waals surface area (Å²) in [4.78, 5) is 25.8. The van der Waals surface area contributed by atoms with Gasteiger partial charge < -0.3 is 15.0 Å². The summed E-state index contributed by atoms with van der Waals surface area (Å²) in [5.41, 5.74) is -0.505. The van der Waals surface area contributed by atoms with Crippen LogP contribution >= 0.6 is 0 Å². The highest BCUT2D eigenvalue weighted by Crippen LogP contribution is 2.24. The number of hydrogen-bond donors (Lipinski definition) is 1. The lowest BCUT2D eigenvalue weighted by atomic mass is 9.85. The molecule has 21 heavy (non-hydrogen) atoms. The highest BCUT2D eigenvalue weighted by molar-refractivity contribution is 5.76. The van der Waals surface area contributed by atoms with E-state index in [0.717, 1.165) is 13.0 Å². The number of rotatable bonds is 3. The molecule has 2 amide bonds. The minimum absolute atomic E-state index is 0.0310. The topological polar surface area (TPSA) is 58.6 Å². The molecule has 1 N–H and O–H groups in total. The third-order valence-electron chi connectivity index (χ3n) is 3.80. The molecule has 0 aromatic heterocycles. The van der Waals surface area contributed by atoms with Gasteiger partial charge in [0, 0.05) is 19.5 Å². The van der Waals surface area contributed by atoms with Crippen LogP contribution in [0.2, 0.25) is 0 Å². The van der Waals surface area contributed by atoms with Crippen molar-refractivity contribution in [2.24, 2.45) is 11.8 Å². The van der Waals surface area contributed by atoms with Gasteiger partial charge >= 0.3 is 6.09 Å². The van der Waals surface area contributed by atoms with Crippen molar-refractivity contribution in [3.8, 4) is 0 Å². The van der Waals surface area contributed by atoms with Crippen molar-refractivity contribution in [3.05, 3.63) is 0 Å². The Hall–Kier alpha value is -1.26. The molecule has 1 aliphatic rings. The van der Waals surface area contributed by atoms with Crippen LogP contribution in [-0.2, 0) is 9.53 Å². The Kier molecular flexibility index (Phi) is 6.05. The first-order valence-electron chi connectivity index (χ1n) is 7.89. The second-order valence-electron chi connectivity index (χ2n) is 7.24. The summed E-state index contributed by atoms with van der Waals surface area (Å²) in [5.74, 6) is 1.05. The molecule has 0 radical (unpaired) electrons. The Bertz CT molecular complexity index is 374. The second-order valence-corrected chi connectivity index (χ2v) is 7.24. The van der Waals surface area contributed by atoms with Crippen LogP contribution in [0.5, 0.6) is 0 Å². The predicted octanol–water partition coefficient (Wildman–Crippen LogP) is 2.79. The number of amides is 2. The third kappa shape index (κ3) is 5.94. The van der Waals surface area contributed by atoms with E-state index in [0.29, 0.717) is 24.8 Å². The maximum Gasteiger partial charge on any atom is 0.407 e. The molecule has 122 valence electrons. The van der Waals surface area contributed by atoms with E-state index in [1.165, 1.54) is 0 Å². The molecule has 0 spiro atoms. The molecule has 2 unspecified atom stereocenters. The van der Waals surface area contributed by atoms with E-state index in [-0.39, 0.29) is 11.9 Å². The first kappa shape index (κ1) is 17.8. The molecule has 0 bridgehead atoms. The van der Waals surface area contributed by atoms with Crippen molar-refractivity contribution < 1.29 is 14.3 Å². The van der Waals surface area contributed by atoms with Gasteiger partial charge in [-0.15, -0.1) is 0 Å². The fraction of sp³-hybridized carbons (Fsp3) is 0.875.